The lowest BCUT2D eigenvalue weighted by molar-refractivity contribution is 0.0791. The van der Waals surface area contributed by atoms with Crippen LogP contribution in [0.1, 0.15) is 33.6 Å². The Labute approximate surface area is 101 Å². The van der Waals surface area contributed by atoms with Gasteiger partial charge in [0.25, 0.3) is 0 Å². The van der Waals surface area contributed by atoms with Crippen molar-refractivity contribution in [2.24, 2.45) is 5.92 Å². The molecule has 0 saturated carbocycles. The Morgan fingerprint density at radius 1 is 1.50 bits per heavy atom. The predicted octanol–water partition coefficient (Wildman–Crippen LogP) is 1.73. The first-order valence-electron chi connectivity index (χ1n) is 6.67. The van der Waals surface area contributed by atoms with Gasteiger partial charge in [-0.2, -0.15) is 0 Å². The molecule has 3 unspecified atom stereocenters. The normalized spacial score (nSPS) is 27.6. The van der Waals surface area contributed by atoms with Crippen LogP contribution in [0.2, 0.25) is 0 Å². The molecule has 1 N–H and O–H groups in total. The van der Waals surface area contributed by atoms with Crippen molar-refractivity contribution in [3.05, 3.63) is 0 Å². The fourth-order valence-electron chi connectivity index (χ4n) is 2.52. The van der Waals surface area contributed by atoms with Crippen molar-refractivity contribution < 1.29 is 4.74 Å². The molecule has 3 heteroatoms. The molecule has 96 valence electrons. The van der Waals surface area contributed by atoms with Crippen LogP contribution in [0.25, 0.3) is 0 Å². The molecule has 1 rings (SSSR count). The highest BCUT2D eigenvalue weighted by atomic mass is 16.5. The topological polar surface area (TPSA) is 24.5 Å². The largest absolute Gasteiger partial charge is 0.377 e. The lowest BCUT2D eigenvalue weighted by atomic mass is 10.1. The van der Waals surface area contributed by atoms with Crippen LogP contribution >= 0.6 is 0 Å². The Morgan fingerprint density at radius 3 is 2.81 bits per heavy atom. The maximum absolute atomic E-state index is 5.61. The third kappa shape index (κ3) is 4.40. The Hall–Kier alpha value is -0.120. The average molecular weight is 228 g/mol. The van der Waals surface area contributed by atoms with E-state index in [9.17, 15) is 0 Å². The van der Waals surface area contributed by atoms with Crippen molar-refractivity contribution in [3.63, 3.8) is 0 Å². The molecular formula is C13H28N2O. The van der Waals surface area contributed by atoms with E-state index in [1.54, 1.807) is 0 Å². The van der Waals surface area contributed by atoms with Crippen LogP contribution in [-0.2, 0) is 4.74 Å². The van der Waals surface area contributed by atoms with Crippen LogP contribution in [0.15, 0.2) is 0 Å². The average Bonchev–Trinajstić information content (AvgIpc) is 2.65. The fourth-order valence-corrected chi connectivity index (χ4v) is 2.52. The molecule has 0 bridgehead atoms. The summed E-state index contributed by atoms with van der Waals surface area (Å²) in [5, 5.41) is 3.48. The summed E-state index contributed by atoms with van der Waals surface area (Å²) < 4.78 is 5.61. The maximum atomic E-state index is 5.61. The van der Waals surface area contributed by atoms with Gasteiger partial charge in [0, 0.05) is 19.2 Å². The molecule has 1 saturated heterocycles. The van der Waals surface area contributed by atoms with Crippen molar-refractivity contribution >= 4 is 0 Å². The van der Waals surface area contributed by atoms with Crippen LogP contribution in [0.4, 0.5) is 0 Å². The van der Waals surface area contributed by atoms with Crippen molar-refractivity contribution in [2.75, 3.05) is 33.3 Å². The number of nitrogens with zero attached hydrogens (tertiary/aromatic N) is 1. The molecule has 1 fully saturated rings. The molecule has 0 aromatic heterocycles. The first-order valence-corrected chi connectivity index (χ1v) is 6.67. The molecule has 1 aliphatic rings. The number of ether oxygens (including phenoxy) is 1. The first kappa shape index (κ1) is 13.9. The summed E-state index contributed by atoms with van der Waals surface area (Å²) in [5.41, 5.74) is 0. The molecule has 1 aliphatic heterocycles. The highest BCUT2D eigenvalue weighted by Crippen LogP contribution is 2.18. The highest BCUT2D eigenvalue weighted by Gasteiger charge is 2.28. The van der Waals surface area contributed by atoms with E-state index in [4.69, 9.17) is 4.74 Å². The summed E-state index contributed by atoms with van der Waals surface area (Å²) in [6, 6.07) is 0.619. The third-order valence-electron chi connectivity index (χ3n) is 3.42. The zero-order valence-corrected chi connectivity index (χ0v) is 11.3. The molecule has 3 nitrogen and oxygen atoms in total. The minimum atomic E-state index is 0.404. The van der Waals surface area contributed by atoms with Crippen molar-refractivity contribution in [3.8, 4) is 0 Å². The van der Waals surface area contributed by atoms with Gasteiger partial charge in [0.2, 0.25) is 0 Å². The summed E-state index contributed by atoms with van der Waals surface area (Å²) >= 11 is 0. The molecule has 3 atom stereocenters. The van der Waals surface area contributed by atoms with E-state index in [-0.39, 0.29) is 0 Å². The summed E-state index contributed by atoms with van der Waals surface area (Å²) in [6.45, 7) is 11.1. The Balaban J connectivity index is 2.19. The standard InChI is InChI=1S/C13H28N2O/c1-5-7-14-9-11(2)10-15(4)13-6-8-16-12(13)3/h11-14H,5-10H2,1-4H3. The van der Waals surface area contributed by atoms with Crippen LogP contribution in [0.3, 0.4) is 0 Å². The Bertz CT molecular complexity index is 187. The van der Waals surface area contributed by atoms with Gasteiger partial charge >= 0.3 is 0 Å². The van der Waals surface area contributed by atoms with Crippen molar-refractivity contribution in [1.29, 1.82) is 0 Å². The summed E-state index contributed by atoms with van der Waals surface area (Å²) in [6.07, 6.45) is 2.81. The molecule has 0 spiro atoms. The van der Waals surface area contributed by atoms with Gasteiger partial charge in [0.1, 0.15) is 0 Å². The van der Waals surface area contributed by atoms with Gasteiger partial charge in [-0.15, -0.1) is 0 Å². The predicted molar refractivity (Wildman–Crippen MR) is 68.8 cm³/mol. The van der Waals surface area contributed by atoms with Gasteiger partial charge in [-0.1, -0.05) is 13.8 Å². The van der Waals surface area contributed by atoms with E-state index < -0.39 is 0 Å². The van der Waals surface area contributed by atoms with E-state index in [2.05, 4.69) is 38.0 Å². The van der Waals surface area contributed by atoms with Gasteiger partial charge in [0.05, 0.1) is 6.10 Å². The number of rotatable bonds is 7. The van der Waals surface area contributed by atoms with Crippen LogP contribution in [0, 0.1) is 5.92 Å². The molecule has 16 heavy (non-hydrogen) atoms. The lowest BCUT2D eigenvalue weighted by Gasteiger charge is -2.29. The fraction of sp³-hybridized carbons (Fsp3) is 1.00. The molecule has 0 aromatic carbocycles. The minimum Gasteiger partial charge on any atom is -0.377 e. The molecular weight excluding hydrogens is 200 g/mol. The molecule has 0 amide bonds. The van der Waals surface area contributed by atoms with E-state index in [0.717, 1.165) is 26.2 Å². The molecule has 0 aromatic rings. The molecule has 0 aliphatic carbocycles. The minimum absolute atomic E-state index is 0.404. The first-order chi connectivity index (χ1) is 7.65. The molecule has 1 heterocycles. The Kier molecular flexibility index (Phi) is 6.32. The smallest absolute Gasteiger partial charge is 0.0702 e. The van der Waals surface area contributed by atoms with Crippen molar-refractivity contribution in [1.82, 2.24) is 10.2 Å². The van der Waals surface area contributed by atoms with Crippen LogP contribution in [0.5, 0.6) is 0 Å². The van der Waals surface area contributed by atoms with Crippen LogP contribution in [-0.4, -0.2) is 50.3 Å². The van der Waals surface area contributed by atoms with E-state index >= 15 is 0 Å². The van der Waals surface area contributed by atoms with Gasteiger partial charge < -0.3 is 15.0 Å². The number of nitrogens with one attached hydrogen (secondary N) is 1. The summed E-state index contributed by atoms with van der Waals surface area (Å²) in [4.78, 5) is 2.47. The van der Waals surface area contributed by atoms with E-state index in [1.807, 2.05) is 0 Å². The van der Waals surface area contributed by atoms with E-state index in [1.165, 1.54) is 12.8 Å². The highest BCUT2D eigenvalue weighted by molar-refractivity contribution is 4.81. The third-order valence-corrected chi connectivity index (χ3v) is 3.42. The van der Waals surface area contributed by atoms with Crippen LogP contribution < -0.4 is 5.32 Å². The number of likely N-dealkylation sites (N-methyl/N-ethyl adjacent to an activating group) is 1. The second-order valence-corrected chi connectivity index (χ2v) is 5.18. The Morgan fingerprint density at radius 2 is 2.25 bits per heavy atom. The van der Waals surface area contributed by atoms with Gasteiger partial charge in [-0.25, -0.2) is 0 Å². The zero-order chi connectivity index (χ0) is 12.0. The van der Waals surface area contributed by atoms with Gasteiger partial charge in [-0.05, 0) is 45.8 Å². The lowest BCUT2D eigenvalue weighted by Crippen LogP contribution is -2.41. The van der Waals surface area contributed by atoms with Gasteiger partial charge in [-0.3, -0.25) is 0 Å². The second-order valence-electron chi connectivity index (χ2n) is 5.18. The SMILES string of the molecule is CCCNCC(C)CN(C)C1CCOC1C. The second kappa shape index (κ2) is 7.25. The summed E-state index contributed by atoms with van der Waals surface area (Å²) in [5.74, 6) is 0.712. The maximum Gasteiger partial charge on any atom is 0.0702 e. The van der Waals surface area contributed by atoms with Crippen molar-refractivity contribution in [2.45, 2.75) is 45.8 Å². The quantitative estimate of drug-likeness (QED) is 0.672. The number of hydrogen-bond acceptors (Lipinski definition) is 3. The van der Waals surface area contributed by atoms with E-state index in [0.29, 0.717) is 18.1 Å². The molecule has 0 radical (unpaired) electrons. The zero-order valence-electron chi connectivity index (χ0n) is 11.3. The van der Waals surface area contributed by atoms with Gasteiger partial charge in [0.15, 0.2) is 0 Å². The summed E-state index contributed by atoms with van der Waals surface area (Å²) in [7, 11) is 2.23. The number of hydrogen-bond donors (Lipinski definition) is 1. The monoisotopic (exact) mass is 228 g/mol.